The Labute approximate surface area is 221 Å². The highest BCUT2D eigenvalue weighted by Crippen LogP contribution is 2.74. The molecule has 0 heterocycles. The zero-order chi connectivity index (χ0) is 26.9. The molecule has 0 amide bonds. The van der Waals surface area contributed by atoms with Gasteiger partial charge in [-0.3, -0.25) is 4.79 Å². The lowest BCUT2D eigenvalue weighted by Gasteiger charge is -2.67. The van der Waals surface area contributed by atoms with E-state index in [1.54, 1.807) is 20.8 Å². The predicted molar refractivity (Wildman–Crippen MR) is 145 cm³/mol. The van der Waals surface area contributed by atoms with Crippen LogP contribution in [0.25, 0.3) is 0 Å². The van der Waals surface area contributed by atoms with E-state index in [0.717, 1.165) is 24.7 Å². The van der Waals surface area contributed by atoms with Crippen molar-refractivity contribution in [1.29, 1.82) is 0 Å². The molecule has 4 nitrogen and oxygen atoms in total. The molecule has 0 aromatic carbocycles. The fourth-order valence-corrected chi connectivity index (χ4v) is 10.8. The van der Waals surface area contributed by atoms with E-state index in [4.69, 9.17) is 4.74 Å². The minimum Gasteiger partial charge on any atom is -0.462 e. The zero-order valence-corrected chi connectivity index (χ0v) is 24.8. The van der Waals surface area contributed by atoms with Crippen LogP contribution < -0.4 is 0 Å². The fraction of sp³-hybridized carbons (Fsp3) is 0.969. The van der Waals surface area contributed by atoms with Crippen molar-refractivity contribution in [2.75, 3.05) is 0 Å². The van der Waals surface area contributed by atoms with Crippen LogP contribution in [-0.2, 0) is 9.53 Å². The molecule has 2 N–H and O–H groups in total. The Morgan fingerprint density at radius 3 is 2.17 bits per heavy atom. The third kappa shape index (κ3) is 4.29. The minimum atomic E-state index is -1.03. The summed E-state index contributed by atoms with van der Waals surface area (Å²) < 4.78 is 5.87. The van der Waals surface area contributed by atoms with E-state index >= 15 is 0 Å². The highest BCUT2D eigenvalue weighted by molar-refractivity contribution is 5.66. The average molecular weight is 505 g/mol. The number of hydrogen-bond acceptors (Lipinski definition) is 4. The molecule has 0 bridgehead atoms. The average Bonchev–Trinajstić information content (AvgIpc) is 3.04. The maximum Gasteiger partial charge on any atom is 0.302 e. The van der Waals surface area contributed by atoms with Gasteiger partial charge in [0.25, 0.3) is 0 Å². The quantitative estimate of drug-likeness (QED) is 0.377. The summed E-state index contributed by atoms with van der Waals surface area (Å²) in [6.45, 7) is 20.0. The maximum absolute atomic E-state index is 11.8. The number of esters is 1. The Morgan fingerprint density at radius 2 is 1.56 bits per heavy atom. The first kappa shape index (κ1) is 28.4. The molecular formula is C32H56O4. The largest absolute Gasteiger partial charge is 0.462 e. The third-order valence-electron chi connectivity index (χ3n) is 13.2. The lowest BCUT2D eigenvalue weighted by atomic mass is 9.38. The summed E-state index contributed by atoms with van der Waals surface area (Å²) in [5.74, 6) is 3.27. The summed E-state index contributed by atoms with van der Waals surface area (Å²) in [5, 5.41) is 20.7. The van der Waals surface area contributed by atoms with Crippen LogP contribution in [0.1, 0.15) is 127 Å². The summed E-state index contributed by atoms with van der Waals surface area (Å²) in [6.07, 6.45) is 11.1. The SMILES string of the molecule is CC(=O)O[C@H]1CC[C@]2(C)C3CC[C@]4(C)C(C(C)CCC(O)C(C)(C)O)CC[C@@]4(C)C3CC[C@H]2C1(C)C. The fourth-order valence-electron chi connectivity index (χ4n) is 10.8. The molecular weight excluding hydrogens is 448 g/mol. The van der Waals surface area contributed by atoms with Gasteiger partial charge in [-0.15, -0.1) is 0 Å². The molecule has 5 unspecified atom stereocenters. The molecule has 4 saturated carbocycles. The van der Waals surface area contributed by atoms with Gasteiger partial charge in [-0.1, -0.05) is 41.5 Å². The van der Waals surface area contributed by atoms with Gasteiger partial charge in [0.15, 0.2) is 0 Å². The third-order valence-corrected chi connectivity index (χ3v) is 13.2. The number of hydrogen-bond donors (Lipinski definition) is 2. The van der Waals surface area contributed by atoms with Crippen LogP contribution in [0.15, 0.2) is 0 Å². The van der Waals surface area contributed by atoms with E-state index in [-0.39, 0.29) is 17.5 Å². The highest BCUT2D eigenvalue weighted by Gasteiger charge is 2.67. The van der Waals surface area contributed by atoms with Crippen molar-refractivity contribution in [3.8, 4) is 0 Å². The molecule has 4 rings (SSSR count). The van der Waals surface area contributed by atoms with Gasteiger partial charge in [0.2, 0.25) is 0 Å². The predicted octanol–water partition coefficient (Wildman–Crippen LogP) is 7.15. The Hall–Kier alpha value is -0.610. The number of aliphatic hydroxyl groups excluding tert-OH is 1. The zero-order valence-electron chi connectivity index (χ0n) is 24.8. The number of ether oxygens (including phenoxy) is 1. The Kier molecular flexibility index (Phi) is 7.30. The van der Waals surface area contributed by atoms with Crippen molar-refractivity contribution in [3.63, 3.8) is 0 Å². The Bertz CT molecular complexity index is 829. The number of rotatable bonds is 6. The van der Waals surface area contributed by atoms with Crippen molar-refractivity contribution in [2.45, 2.75) is 144 Å². The van der Waals surface area contributed by atoms with Crippen molar-refractivity contribution >= 4 is 5.97 Å². The molecule has 4 aliphatic rings. The van der Waals surface area contributed by atoms with Gasteiger partial charge >= 0.3 is 5.97 Å². The number of carbonyl (C=O) groups excluding carboxylic acids is 1. The standard InChI is InChI=1S/C32H56O4/c1-20(10-13-26(34)29(5,6)35)22-14-18-32(9)24-11-12-25-28(3,4)27(36-21(2)33)16-17-30(25,7)23(24)15-19-31(22,32)8/h20,22-27,34-35H,10-19H2,1-9H3/t20?,22?,23?,24?,25-,26?,27-,30+,31+,32-/m0/s1. The summed E-state index contributed by atoms with van der Waals surface area (Å²) in [7, 11) is 0. The van der Waals surface area contributed by atoms with Crippen LogP contribution in [-0.4, -0.2) is 34.0 Å². The van der Waals surface area contributed by atoms with E-state index in [2.05, 4.69) is 41.5 Å². The van der Waals surface area contributed by atoms with Crippen LogP contribution in [0.5, 0.6) is 0 Å². The summed E-state index contributed by atoms with van der Waals surface area (Å²) in [6, 6.07) is 0. The smallest absolute Gasteiger partial charge is 0.302 e. The second kappa shape index (κ2) is 9.25. The molecule has 208 valence electrons. The Balaban J connectivity index is 1.53. The van der Waals surface area contributed by atoms with E-state index in [0.29, 0.717) is 40.4 Å². The summed E-state index contributed by atoms with van der Waals surface area (Å²) in [5.41, 5.74) is 0.0466. The second-order valence-corrected chi connectivity index (χ2v) is 15.5. The van der Waals surface area contributed by atoms with Gasteiger partial charge in [-0.2, -0.15) is 0 Å². The van der Waals surface area contributed by atoms with Crippen molar-refractivity contribution in [2.24, 2.45) is 51.2 Å². The Morgan fingerprint density at radius 1 is 0.917 bits per heavy atom. The lowest BCUT2D eigenvalue weighted by molar-refractivity contribution is -0.209. The molecule has 0 aromatic heterocycles. The van der Waals surface area contributed by atoms with Crippen molar-refractivity contribution in [1.82, 2.24) is 0 Å². The highest BCUT2D eigenvalue weighted by atomic mass is 16.5. The monoisotopic (exact) mass is 504 g/mol. The van der Waals surface area contributed by atoms with E-state index in [9.17, 15) is 15.0 Å². The second-order valence-electron chi connectivity index (χ2n) is 15.5. The van der Waals surface area contributed by atoms with E-state index in [1.165, 1.54) is 44.9 Å². The van der Waals surface area contributed by atoms with Gasteiger partial charge < -0.3 is 14.9 Å². The van der Waals surface area contributed by atoms with E-state index < -0.39 is 11.7 Å². The summed E-state index contributed by atoms with van der Waals surface area (Å²) >= 11 is 0. The number of fused-ring (bicyclic) bond motifs is 5. The molecule has 4 aliphatic carbocycles. The van der Waals surface area contributed by atoms with Crippen LogP contribution >= 0.6 is 0 Å². The first-order chi connectivity index (χ1) is 16.5. The van der Waals surface area contributed by atoms with Gasteiger partial charge in [-0.05, 0) is 124 Å². The van der Waals surface area contributed by atoms with Gasteiger partial charge in [-0.25, -0.2) is 0 Å². The number of aliphatic hydroxyl groups is 2. The maximum atomic E-state index is 11.8. The normalized spacial score (nSPS) is 45.7. The van der Waals surface area contributed by atoms with Crippen LogP contribution in [0.3, 0.4) is 0 Å². The molecule has 0 saturated heterocycles. The van der Waals surface area contributed by atoms with Crippen molar-refractivity contribution < 1.29 is 19.7 Å². The van der Waals surface area contributed by atoms with Crippen molar-refractivity contribution in [3.05, 3.63) is 0 Å². The van der Waals surface area contributed by atoms with Gasteiger partial charge in [0.05, 0.1) is 11.7 Å². The van der Waals surface area contributed by atoms with E-state index in [1.807, 2.05) is 0 Å². The molecule has 4 fully saturated rings. The first-order valence-corrected chi connectivity index (χ1v) is 15.1. The van der Waals surface area contributed by atoms with Gasteiger partial charge in [0, 0.05) is 12.3 Å². The molecule has 0 spiro atoms. The molecule has 10 atom stereocenters. The van der Waals surface area contributed by atoms with Gasteiger partial charge in [0.1, 0.15) is 6.10 Å². The topological polar surface area (TPSA) is 66.8 Å². The molecule has 4 heteroatoms. The van der Waals surface area contributed by atoms with Crippen LogP contribution in [0.2, 0.25) is 0 Å². The minimum absolute atomic E-state index is 0.0271. The lowest BCUT2D eigenvalue weighted by Crippen LogP contribution is -2.62. The van der Waals surface area contributed by atoms with Crippen LogP contribution in [0.4, 0.5) is 0 Å². The molecule has 0 aliphatic heterocycles. The number of carbonyl (C=O) groups is 1. The molecule has 0 radical (unpaired) electrons. The van der Waals surface area contributed by atoms with Crippen LogP contribution in [0, 0.1) is 51.2 Å². The summed E-state index contributed by atoms with van der Waals surface area (Å²) in [4.78, 5) is 11.8. The molecule has 0 aromatic rings. The first-order valence-electron chi connectivity index (χ1n) is 15.1. The molecule has 36 heavy (non-hydrogen) atoms.